The highest BCUT2D eigenvalue weighted by Gasteiger charge is 2.28. The molecule has 3 rings (SSSR count). The Kier molecular flexibility index (Phi) is 5.66. The van der Waals surface area contributed by atoms with Crippen molar-refractivity contribution >= 4 is 11.9 Å². The van der Waals surface area contributed by atoms with Crippen molar-refractivity contribution in [1.29, 1.82) is 0 Å². The SMILES string of the molecule is CC[C@H]1CN(C(C)=O)CC[C@H]1NCc1cnc(N2CCCC2)nc1. The molecule has 2 atom stereocenters. The van der Waals surface area contributed by atoms with Crippen LogP contribution in [-0.2, 0) is 11.3 Å². The molecular formula is C18H29N5O. The standard InChI is InChI=1S/C18H29N5O/c1-3-16-13-23(14(2)24)9-6-17(16)19-10-15-11-20-18(21-12-15)22-7-4-5-8-22/h11-12,16-17,19H,3-10,13H2,1-2H3/t16-,17+/m0/s1. The van der Waals surface area contributed by atoms with E-state index < -0.39 is 0 Å². The van der Waals surface area contributed by atoms with Crippen LogP contribution in [-0.4, -0.2) is 53.0 Å². The first kappa shape index (κ1) is 17.1. The van der Waals surface area contributed by atoms with Gasteiger partial charge in [-0.3, -0.25) is 4.79 Å². The molecule has 0 radical (unpaired) electrons. The number of carbonyl (C=O) groups excluding carboxylic acids is 1. The maximum Gasteiger partial charge on any atom is 0.225 e. The zero-order valence-corrected chi connectivity index (χ0v) is 14.9. The van der Waals surface area contributed by atoms with E-state index in [0.717, 1.165) is 57.1 Å². The van der Waals surface area contributed by atoms with Gasteiger partial charge in [0.1, 0.15) is 0 Å². The second-order valence-electron chi connectivity index (χ2n) is 6.99. The Morgan fingerprint density at radius 2 is 1.96 bits per heavy atom. The molecule has 2 aliphatic rings. The van der Waals surface area contributed by atoms with Crippen LogP contribution < -0.4 is 10.2 Å². The molecule has 1 aromatic rings. The van der Waals surface area contributed by atoms with Gasteiger partial charge in [0, 0.05) is 63.6 Å². The molecule has 0 saturated carbocycles. The lowest BCUT2D eigenvalue weighted by Gasteiger charge is -2.38. The van der Waals surface area contributed by atoms with E-state index in [9.17, 15) is 4.79 Å². The summed E-state index contributed by atoms with van der Waals surface area (Å²) in [6.45, 7) is 8.54. The van der Waals surface area contributed by atoms with Crippen LogP contribution in [0.2, 0.25) is 0 Å². The fourth-order valence-corrected chi connectivity index (χ4v) is 3.77. The van der Waals surface area contributed by atoms with Crippen LogP contribution in [0, 0.1) is 5.92 Å². The number of aromatic nitrogens is 2. The number of anilines is 1. The van der Waals surface area contributed by atoms with Gasteiger partial charge in [0.25, 0.3) is 0 Å². The van der Waals surface area contributed by atoms with E-state index in [-0.39, 0.29) is 5.91 Å². The number of likely N-dealkylation sites (tertiary alicyclic amines) is 1. The summed E-state index contributed by atoms with van der Waals surface area (Å²) in [5.74, 6) is 1.57. The molecule has 0 bridgehead atoms. The van der Waals surface area contributed by atoms with Crippen LogP contribution in [0.1, 0.15) is 45.1 Å². The monoisotopic (exact) mass is 331 g/mol. The average Bonchev–Trinajstić information content (AvgIpc) is 3.14. The Labute approximate surface area is 144 Å². The lowest BCUT2D eigenvalue weighted by molar-refractivity contribution is -0.131. The fourth-order valence-electron chi connectivity index (χ4n) is 3.77. The lowest BCUT2D eigenvalue weighted by Crippen LogP contribution is -2.50. The van der Waals surface area contributed by atoms with E-state index in [2.05, 4.69) is 27.1 Å². The summed E-state index contributed by atoms with van der Waals surface area (Å²) in [6.07, 6.45) is 8.48. The normalized spacial score (nSPS) is 24.4. The Morgan fingerprint density at radius 3 is 2.58 bits per heavy atom. The molecule has 0 unspecified atom stereocenters. The average molecular weight is 331 g/mol. The van der Waals surface area contributed by atoms with Gasteiger partial charge in [-0.2, -0.15) is 0 Å². The fraction of sp³-hybridized carbons (Fsp3) is 0.722. The second kappa shape index (κ2) is 7.92. The van der Waals surface area contributed by atoms with Crippen molar-refractivity contribution in [3.63, 3.8) is 0 Å². The highest BCUT2D eigenvalue weighted by Crippen LogP contribution is 2.21. The molecule has 6 heteroatoms. The van der Waals surface area contributed by atoms with Gasteiger partial charge in [-0.15, -0.1) is 0 Å². The van der Waals surface area contributed by atoms with Crippen molar-refractivity contribution in [3.8, 4) is 0 Å². The van der Waals surface area contributed by atoms with Gasteiger partial charge in [-0.25, -0.2) is 9.97 Å². The molecule has 2 fully saturated rings. The maximum absolute atomic E-state index is 11.6. The third-order valence-electron chi connectivity index (χ3n) is 5.35. The van der Waals surface area contributed by atoms with Crippen LogP contribution in [0.25, 0.3) is 0 Å². The number of amides is 1. The Morgan fingerprint density at radius 1 is 1.25 bits per heavy atom. The van der Waals surface area contributed by atoms with Gasteiger partial charge in [0.05, 0.1) is 0 Å². The molecule has 0 aromatic carbocycles. The van der Waals surface area contributed by atoms with Crippen molar-refractivity contribution in [3.05, 3.63) is 18.0 Å². The van der Waals surface area contributed by atoms with Crippen LogP contribution in [0.3, 0.4) is 0 Å². The first-order chi connectivity index (χ1) is 11.7. The van der Waals surface area contributed by atoms with E-state index >= 15 is 0 Å². The molecule has 0 spiro atoms. The summed E-state index contributed by atoms with van der Waals surface area (Å²) < 4.78 is 0. The number of rotatable bonds is 5. The molecule has 0 aliphatic carbocycles. The van der Waals surface area contributed by atoms with E-state index in [1.807, 2.05) is 17.3 Å². The summed E-state index contributed by atoms with van der Waals surface area (Å²) in [6, 6.07) is 0.462. The second-order valence-corrected chi connectivity index (χ2v) is 6.99. The van der Waals surface area contributed by atoms with Gasteiger partial charge < -0.3 is 15.1 Å². The smallest absolute Gasteiger partial charge is 0.225 e. The zero-order valence-electron chi connectivity index (χ0n) is 14.9. The molecule has 3 heterocycles. The van der Waals surface area contributed by atoms with Gasteiger partial charge in [0.15, 0.2) is 0 Å². The van der Waals surface area contributed by atoms with Gasteiger partial charge in [0.2, 0.25) is 11.9 Å². The Hall–Kier alpha value is -1.69. The Bertz CT molecular complexity index is 541. The molecule has 132 valence electrons. The summed E-state index contributed by atoms with van der Waals surface area (Å²) in [5, 5.41) is 3.66. The number of piperidine rings is 1. The van der Waals surface area contributed by atoms with E-state index in [0.29, 0.717) is 12.0 Å². The van der Waals surface area contributed by atoms with Gasteiger partial charge in [-0.1, -0.05) is 13.3 Å². The highest BCUT2D eigenvalue weighted by atomic mass is 16.2. The molecular weight excluding hydrogens is 302 g/mol. The molecule has 24 heavy (non-hydrogen) atoms. The van der Waals surface area contributed by atoms with E-state index in [1.54, 1.807) is 6.92 Å². The third-order valence-corrected chi connectivity index (χ3v) is 5.35. The Balaban J connectivity index is 1.52. The van der Waals surface area contributed by atoms with E-state index in [4.69, 9.17) is 0 Å². The zero-order chi connectivity index (χ0) is 16.9. The van der Waals surface area contributed by atoms with Gasteiger partial charge >= 0.3 is 0 Å². The third kappa shape index (κ3) is 4.04. The van der Waals surface area contributed by atoms with Gasteiger partial charge in [-0.05, 0) is 25.2 Å². The number of nitrogens with one attached hydrogen (secondary N) is 1. The minimum atomic E-state index is 0.192. The molecule has 1 aromatic heterocycles. The van der Waals surface area contributed by atoms with Crippen LogP contribution >= 0.6 is 0 Å². The van der Waals surface area contributed by atoms with Crippen molar-refractivity contribution in [2.75, 3.05) is 31.1 Å². The molecule has 6 nitrogen and oxygen atoms in total. The van der Waals surface area contributed by atoms with Crippen molar-refractivity contribution in [2.45, 2.75) is 52.1 Å². The van der Waals surface area contributed by atoms with Crippen LogP contribution in [0.5, 0.6) is 0 Å². The highest BCUT2D eigenvalue weighted by molar-refractivity contribution is 5.73. The molecule has 1 amide bonds. The maximum atomic E-state index is 11.6. The lowest BCUT2D eigenvalue weighted by atomic mass is 9.89. The van der Waals surface area contributed by atoms with Crippen molar-refractivity contribution < 1.29 is 4.79 Å². The van der Waals surface area contributed by atoms with Crippen LogP contribution in [0.15, 0.2) is 12.4 Å². The molecule has 2 saturated heterocycles. The predicted molar refractivity (Wildman–Crippen MR) is 94.8 cm³/mol. The van der Waals surface area contributed by atoms with E-state index in [1.165, 1.54) is 12.8 Å². The quantitative estimate of drug-likeness (QED) is 0.892. The summed E-state index contributed by atoms with van der Waals surface area (Å²) in [7, 11) is 0. The summed E-state index contributed by atoms with van der Waals surface area (Å²) >= 11 is 0. The van der Waals surface area contributed by atoms with Crippen LogP contribution in [0.4, 0.5) is 5.95 Å². The predicted octanol–water partition coefficient (Wildman–Crippen LogP) is 1.81. The van der Waals surface area contributed by atoms with Crippen molar-refractivity contribution in [1.82, 2.24) is 20.2 Å². The number of hydrogen-bond donors (Lipinski definition) is 1. The molecule has 2 aliphatic heterocycles. The summed E-state index contributed by atoms with van der Waals surface area (Å²) in [4.78, 5) is 24.8. The first-order valence-electron chi connectivity index (χ1n) is 9.22. The first-order valence-corrected chi connectivity index (χ1v) is 9.22. The van der Waals surface area contributed by atoms with Crippen molar-refractivity contribution in [2.24, 2.45) is 5.92 Å². The topological polar surface area (TPSA) is 61.4 Å². The largest absolute Gasteiger partial charge is 0.343 e. The molecule has 1 N–H and O–H groups in total. The number of carbonyl (C=O) groups is 1. The minimum Gasteiger partial charge on any atom is -0.343 e. The number of nitrogens with zero attached hydrogens (tertiary/aromatic N) is 4. The minimum absolute atomic E-state index is 0.192. The summed E-state index contributed by atoms with van der Waals surface area (Å²) in [5.41, 5.74) is 1.13. The number of hydrogen-bond acceptors (Lipinski definition) is 5.